The van der Waals surface area contributed by atoms with Gasteiger partial charge in [0.25, 0.3) is 0 Å². The van der Waals surface area contributed by atoms with Crippen LogP contribution in [0.2, 0.25) is 0 Å². The molecule has 0 spiro atoms. The van der Waals surface area contributed by atoms with E-state index < -0.39 is 5.82 Å². The van der Waals surface area contributed by atoms with E-state index >= 15 is 0 Å². The smallest absolute Gasteiger partial charge is 0.211 e. The van der Waals surface area contributed by atoms with Crippen LogP contribution in [0.1, 0.15) is 0 Å². The van der Waals surface area contributed by atoms with Crippen LogP contribution in [0.4, 0.5) is 10.1 Å². The van der Waals surface area contributed by atoms with Gasteiger partial charge in [0, 0.05) is 29.4 Å². The SMILES string of the molecule is COc1cc2c(Oc3ccc(NC=O)cc3F)ccnc2cc1O. The summed E-state index contributed by atoms with van der Waals surface area (Å²) in [6.07, 6.45) is 1.95. The molecule has 0 atom stereocenters. The van der Waals surface area contributed by atoms with Gasteiger partial charge in [-0.05, 0) is 24.3 Å². The van der Waals surface area contributed by atoms with Crippen LogP contribution in [-0.2, 0) is 4.79 Å². The molecule has 0 aliphatic heterocycles. The quantitative estimate of drug-likeness (QED) is 0.701. The number of carbonyl (C=O) groups excluding carboxylic acids is 1. The normalized spacial score (nSPS) is 10.4. The van der Waals surface area contributed by atoms with E-state index in [-0.39, 0.29) is 17.2 Å². The molecule has 2 aromatic carbocycles. The molecule has 0 bridgehead atoms. The fraction of sp³-hybridized carbons (Fsp3) is 0.0588. The number of halogens is 1. The molecule has 24 heavy (non-hydrogen) atoms. The summed E-state index contributed by atoms with van der Waals surface area (Å²) in [4.78, 5) is 14.5. The lowest BCUT2D eigenvalue weighted by atomic mass is 10.2. The number of aromatic nitrogens is 1. The molecule has 0 saturated carbocycles. The lowest BCUT2D eigenvalue weighted by Crippen LogP contribution is -1.96. The van der Waals surface area contributed by atoms with Crippen molar-refractivity contribution in [1.82, 2.24) is 4.98 Å². The van der Waals surface area contributed by atoms with Gasteiger partial charge in [0.2, 0.25) is 6.41 Å². The summed E-state index contributed by atoms with van der Waals surface area (Å²) in [6, 6.07) is 8.66. The van der Waals surface area contributed by atoms with Crippen molar-refractivity contribution < 1.29 is 23.8 Å². The van der Waals surface area contributed by atoms with Gasteiger partial charge in [-0.25, -0.2) is 4.39 Å². The number of carbonyl (C=O) groups is 1. The summed E-state index contributed by atoms with van der Waals surface area (Å²) < 4.78 is 24.8. The largest absolute Gasteiger partial charge is 0.504 e. The van der Waals surface area contributed by atoms with Gasteiger partial charge in [-0.1, -0.05) is 0 Å². The lowest BCUT2D eigenvalue weighted by Gasteiger charge is -2.11. The van der Waals surface area contributed by atoms with E-state index in [0.29, 0.717) is 28.7 Å². The van der Waals surface area contributed by atoms with Gasteiger partial charge in [-0.2, -0.15) is 0 Å². The van der Waals surface area contributed by atoms with Crippen LogP contribution in [-0.4, -0.2) is 23.6 Å². The van der Waals surface area contributed by atoms with E-state index in [1.54, 1.807) is 12.1 Å². The van der Waals surface area contributed by atoms with Crippen LogP contribution in [0.5, 0.6) is 23.0 Å². The maximum absolute atomic E-state index is 14.1. The minimum absolute atomic E-state index is 0.00834. The second-order valence-corrected chi connectivity index (χ2v) is 4.86. The molecular formula is C17H13FN2O4. The number of ether oxygens (including phenoxy) is 2. The molecule has 122 valence electrons. The van der Waals surface area contributed by atoms with Crippen molar-refractivity contribution in [1.29, 1.82) is 0 Å². The third-order valence-corrected chi connectivity index (χ3v) is 3.38. The molecule has 3 rings (SSSR count). The Hall–Kier alpha value is -3.35. The second-order valence-electron chi connectivity index (χ2n) is 4.86. The minimum atomic E-state index is -0.627. The molecule has 0 fully saturated rings. The Bertz CT molecular complexity index is 914. The Morgan fingerprint density at radius 1 is 1.17 bits per heavy atom. The average molecular weight is 328 g/mol. The first kappa shape index (κ1) is 15.5. The number of nitrogens with one attached hydrogen (secondary N) is 1. The lowest BCUT2D eigenvalue weighted by molar-refractivity contribution is -0.105. The maximum Gasteiger partial charge on any atom is 0.211 e. The fourth-order valence-corrected chi connectivity index (χ4v) is 2.25. The highest BCUT2D eigenvalue weighted by Crippen LogP contribution is 2.37. The van der Waals surface area contributed by atoms with Crippen molar-refractivity contribution in [2.75, 3.05) is 12.4 Å². The van der Waals surface area contributed by atoms with Crippen molar-refractivity contribution in [3.05, 3.63) is 48.4 Å². The Morgan fingerprint density at radius 3 is 2.71 bits per heavy atom. The standard InChI is InChI=1S/C17H13FN2O4/c1-23-17-7-11-13(8-14(17)22)19-5-4-15(11)24-16-3-2-10(20-9-21)6-12(16)18/h2-9,22H,1H3,(H,20,21). The summed E-state index contributed by atoms with van der Waals surface area (Å²) in [7, 11) is 1.43. The van der Waals surface area contributed by atoms with Crippen LogP contribution in [0.15, 0.2) is 42.6 Å². The molecule has 1 heterocycles. The van der Waals surface area contributed by atoms with Crippen molar-refractivity contribution >= 4 is 23.0 Å². The number of benzene rings is 2. The molecule has 0 unspecified atom stereocenters. The van der Waals surface area contributed by atoms with E-state index in [2.05, 4.69) is 10.3 Å². The first-order valence-corrected chi connectivity index (χ1v) is 6.95. The number of hydrogen-bond acceptors (Lipinski definition) is 5. The molecular weight excluding hydrogens is 315 g/mol. The van der Waals surface area contributed by atoms with Crippen molar-refractivity contribution in [2.24, 2.45) is 0 Å². The molecule has 0 radical (unpaired) electrons. The van der Waals surface area contributed by atoms with Gasteiger partial charge in [-0.15, -0.1) is 0 Å². The third kappa shape index (κ3) is 2.91. The summed E-state index contributed by atoms with van der Waals surface area (Å²) in [5, 5.41) is 12.7. The summed E-state index contributed by atoms with van der Waals surface area (Å²) in [6.45, 7) is 0. The highest BCUT2D eigenvalue weighted by atomic mass is 19.1. The number of aromatic hydroxyl groups is 1. The first-order chi connectivity index (χ1) is 11.6. The summed E-state index contributed by atoms with van der Waals surface area (Å²) in [5.74, 6) is -0.0756. The first-order valence-electron chi connectivity index (χ1n) is 6.95. The Kier molecular flexibility index (Phi) is 4.15. The number of rotatable bonds is 5. The van der Waals surface area contributed by atoms with E-state index in [4.69, 9.17) is 9.47 Å². The van der Waals surface area contributed by atoms with Gasteiger partial charge < -0.3 is 19.9 Å². The Balaban J connectivity index is 2.02. The zero-order chi connectivity index (χ0) is 17.1. The van der Waals surface area contributed by atoms with Crippen LogP contribution >= 0.6 is 0 Å². The molecule has 0 aliphatic carbocycles. The van der Waals surface area contributed by atoms with Gasteiger partial charge in [0.05, 0.1) is 12.6 Å². The van der Waals surface area contributed by atoms with E-state index in [9.17, 15) is 14.3 Å². The number of amides is 1. The number of phenolic OH excluding ortho intramolecular Hbond substituents is 1. The summed E-state index contributed by atoms with van der Waals surface area (Å²) in [5.41, 5.74) is 0.798. The van der Waals surface area contributed by atoms with Crippen LogP contribution < -0.4 is 14.8 Å². The predicted molar refractivity (Wildman–Crippen MR) is 86.1 cm³/mol. The zero-order valence-corrected chi connectivity index (χ0v) is 12.6. The van der Waals surface area contributed by atoms with Crippen molar-refractivity contribution in [2.45, 2.75) is 0 Å². The van der Waals surface area contributed by atoms with Crippen LogP contribution in [0.25, 0.3) is 10.9 Å². The maximum atomic E-state index is 14.1. The summed E-state index contributed by atoms with van der Waals surface area (Å²) >= 11 is 0. The highest BCUT2D eigenvalue weighted by Gasteiger charge is 2.12. The molecule has 0 aliphatic rings. The fourth-order valence-electron chi connectivity index (χ4n) is 2.25. The number of pyridine rings is 1. The molecule has 7 heteroatoms. The molecule has 3 aromatic rings. The van der Waals surface area contributed by atoms with Crippen LogP contribution in [0.3, 0.4) is 0 Å². The van der Waals surface area contributed by atoms with Crippen molar-refractivity contribution in [3.8, 4) is 23.0 Å². The molecule has 1 amide bonds. The predicted octanol–water partition coefficient (Wildman–Crippen LogP) is 3.45. The third-order valence-electron chi connectivity index (χ3n) is 3.38. The van der Waals surface area contributed by atoms with E-state index in [1.807, 2.05) is 0 Å². The number of hydrogen-bond donors (Lipinski definition) is 2. The zero-order valence-electron chi connectivity index (χ0n) is 12.6. The molecule has 1 aromatic heterocycles. The van der Waals surface area contributed by atoms with Gasteiger partial charge >= 0.3 is 0 Å². The molecule has 0 saturated heterocycles. The second kappa shape index (κ2) is 6.41. The average Bonchev–Trinajstić information content (AvgIpc) is 2.57. The Morgan fingerprint density at radius 2 is 2.00 bits per heavy atom. The minimum Gasteiger partial charge on any atom is -0.504 e. The number of methoxy groups -OCH3 is 1. The topological polar surface area (TPSA) is 80.7 Å². The number of anilines is 1. The van der Waals surface area contributed by atoms with Gasteiger partial charge in [0.1, 0.15) is 5.75 Å². The molecule has 2 N–H and O–H groups in total. The number of phenols is 1. The van der Waals surface area contributed by atoms with E-state index in [1.165, 1.54) is 31.5 Å². The van der Waals surface area contributed by atoms with Crippen LogP contribution in [0, 0.1) is 5.82 Å². The van der Waals surface area contributed by atoms with Gasteiger partial charge in [0.15, 0.2) is 23.1 Å². The van der Waals surface area contributed by atoms with E-state index in [0.717, 1.165) is 6.07 Å². The van der Waals surface area contributed by atoms with Gasteiger partial charge in [-0.3, -0.25) is 9.78 Å². The Labute approximate surface area is 136 Å². The monoisotopic (exact) mass is 328 g/mol. The highest BCUT2D eigenvalue weighted by molar-refractivity contribution is 5.88. The number of nitrogens with zero attached hydrogens (tertiary/aromatic N) is 1. The molecule has 6 nitrogen and oxygen atoms in total. The number of fused-ring (bicyclic) bond motifs is 1. The van der Waals surface area contributed by atoms with Crippen molar-refractivity contribution in [3.63, 3.8) is 0 Å².